The van der Waals surface area contributed by atoms with E-state index >= 15 is 0 Å². The van der Waals surface area contributed by atoms with Crippen molar-refractivity contribution < 1.29 is 9.53 Å². The molecule has 1 amide bonds. The van der Waals surface area contributed by atoms with Crippen molar-refractivity contribution in [3.63, 3.8) is 0 Å². The van der Waals surface area contributed by atoms with Gasteiger partial charge in [0, 0.05) is 45.2 Å². The van der Waals surface area contributed by atoms with Gasteiger partial charge in [-0.1, -0.05) is 39.5 Å². The van der Waals surface area contributed by atoms with Crippen LogP contribution >= 0.6 is 0 Å². The smallest absolute Gasteiger partial charge is 0.225 e. The summed E-state index contributed by atoms with van der Waals surface area (Å²) in [5.74, 6) is 1.41. The molecule has 0 aromatic rings. The monoisotopic (exact) mass is 422 g/mol. The van der Waals surface area contributed by atoms with Crippen LogP contribution in [-0.2, 0) is 9.53 Å². The number of likely N-dealkylation sites (tertiary alicyclic amines) is 1. The van der Waals surface area contributed by atoms with E-state index in [1.807, 2.05) is 7.05 Å². The first-order valence-corrected chi connectivity index (χ1v) is 12.5. The first-order valence-electron chi connectivity index (χ1n) is 12.5. The number of amides is 1. The van der Waals surface area contributed by atoms with Crippen molar-refractivity contribution in [2.75, 3.05) is 33.3 Å². The second-order valence-electron chi connectivity index (χ2n) is 8.95. The highest BCUT2D eigenvalue weighted by Gasteiger charge is 2.26. The van der Waals surface area contributed by atoms with Gasteiger partial charge in [-0.05, 0) is 51.4 Å². The molecule has 1 saturated carbocycles. The second kappa shape index (κ2) is 14.7. The van der Waals surface area contributed by atoms with Crippen LogP contribution in [0.15, 0.2) is 4.99 Å². The Bertz CT molecular complexity index is 491. The van der Waals surface area contributed by atoms with Crippen LogP contribution in [0.25, 0.3) is 0 Å². The zero-order valence-electron chi connectivity index (χ0n) is 19.8. The molecule has 2 aliphatic rings. The van der Waals surface area contributed by atoms with Gasteiger partial charge in [0.2, 0.25) is 5.91 Å². The first-order chi connectivity index (χ1) is 14.7. The van der Waals surface area contributed by atoms with Gasteiger partial charge < -0.3 is 20.3 Å². The molecule has 30 heavy (non-hydrogen) atoms. The highest BCUT2D eigenvalue weighted by molar-refractivity contribution is 5.80. The third-order valence-corrected chi connectivity index (χ3v) is 6.73. The molecule has 1 aliphatic carbocycles. The summed E-state index contributed by atoms with van der Waals surface area (Å²) in [6.07, 6.45) is 14.5. The highest BCUT2D eigenvalue weighted by atomic mass is 16.5. The van der Waals surface area contributed by atoms with Crippen LogP contribution in [-0.4, -0.2) is 62.2 Å². The van der Waals surface area contributed by atoms with Crippen LogP contribution in [0.4, 0.5) is 0 Å². The Morgan fingerprint density at radius 3 is 2.30 bits per heavy atom. The summed E-state index contributed by atoms with van der Waals surface area (Å²) in [6, 6.07) is 0.389. The average molecular weight is 423 g/mol. The van der Waals surface area contributed by atoms with Gasteiger partial charge in [-0.25, -0.2) is 0 Å². The quantitative estimate of drug-likeness (QED) is 0.241. The molecule has 174 valence electrons. The zero-order valence-corrected chi connectivity index (χ0v) is 19.8. The summed E-state index contributed by atoms with van der Waals surface area (Å²) >= 11 is 0. The predicted octanol–water partition coefficient (Wildman–Crippen LogP) is 4.10. The number of aliphatic imine (C=N–C) groups is 1. The van der Waals surface area contributed by atoms with Crippen molar-refractivity contribution in [1.82, 2.24) is 15.5 Å². The van der Waals surface area contributed by atoms with E-state index < -0.39 is 0 Å². The SMILES string of the molecule is CCC(CC)C(=O)N1CCC(NC(=NC)NCCCCOC2CCCCCC2)CC1. The minimum Gasteiger partial charge on any atom is -0.378 e. The lowest BCUT2D eigenvalue weighted by Crippen LogP contribution is -2.50. The Morgan fingerprint density at radius 2 is 1.70 bits per heavy atom. The van der Waals surface area contributed by atoms with E-state index in [0.717, 1.165) is 70.7 Å². The van der Waals surface area contributed by atoms with Crippen LogP contribution in [0.1, 0.15) is 90.9 Å². The molecule has 1 aliphatic heterocycles. The first kappa shape index (κ1) is 25.0. The van der Waals surface area contributed by atoms with Gasteiger partial charge in [-0.15, -0.1) is 0 Å². The van der Waals surface area contributed by atoms with Gasteiger partial charge in [0.05, 0.1) is 6.10 Å². The normalized spacial score (nSPS) is 19.7. The molecule has 6 heteroatoms. The fraction of sp³-hybridized carbons (Fsp3) is 0.917. The maximum atomic E-state index is 12.6. The fourth-order valence-electron chi connectivity index (χ4n) is 4.62. The number of unbranched alkanes of at least 4 members (excludes halogenated alkanes) is 1. The number of rotatable bonds is 10. The third kappa shape index (κ3) is 8.83. The van der Waals surface area contributed by atoms with E-state index in [9.17, 15) is 4.79 Å². The summed E-state index contributed by atoms with van der Waals surface area (Å²) in [5, 5.41) is 6.98. The van der Waals surface area contributed by atoms with E-state index in [-0.39, 0.29) is 5.92 Å². The minimum absolute atomic E-state index is 0.190. The Balaban J connectivity index is 1.56. The number of guanidine groups is 1. The number of nitrogens with zero attached hydrogens (tertiary/aromatic N) is 2. The second-order valence-corrected chi connectivity index (χ2v) is 8.95. The van der Waals surface area contributed by atoms with Crippen LogP contribution in [0.3, 0.4) is 0 Å². The maximum Gasteiger partial charge on any atom is 0.225 e. The number of nitrogens with one attached hydrogen (secondary N) is 2. The van der Waals surface area contributed by atoms with Gasteiger partial charge >= 0.3 is 0 Å². The van der Waals surface area contributed by atoms with Crippen molar-refractivity contribution in [3.8, 4) is 0 Å². The summed E-state index contributed by atoms with van der Waals surface area (Å²) in [5.41, 5.74) is 0. The minimum atomic E-state index is 0.190. The lowest BCUT2D eigenvalue weighted by molar-refractivity contribution is -0.136. The standard InChI is InChI=1S/C24H46N4O2/c1-4-20(5-2)23(29)28-17-14-21(15-18-28)27-24(25-3)26-16-10-11-19-30-22-12-8-6-7-9-13-22/h20-22H,4-19H2,1-3H3,(H2,25,26,27). The van der Waals surface area contributed by atoms with E-state index in [1.54, 1.807) is 0 Å². The van der Waals surface area contributed by atoms with Gasteiger partial charge in [0.15, 0.2) is 5.96 Å². The molecule has 2 N–H and O–H groups in total. The molecule has 6 nitrogen and oxygen atoms in total. The lowest BCUT2D eigenvalue weighted by Gasteiger charge is -2.34. The predicted molar refractivity (Wildman–Crippen MR) is 125 cm³/mol. The fourth-order valence-corrected chi connectivity index (χ4v) is 4.62. The van der Waals surface area contributed by atoms with Gasteiger partial charge in [0.25, 0.3) is 0 Å². The molecular weight excluding hydrogens is 376 g/mol. The Morgan fingerprint density at radius 1 is 1.03 bits per heavy atom. The molecule has 0 atom stereocenters. The molecule has 0 spiro atoms. The number of carbonyl (C=O) groups is 1. The van der Waals surface area contributed by atoms with Crippen molar-refractivity contribution in [1.29, 1.82) is 0 Å². The van der Waals surface area contributed by atoms with Crippen molar-refractivity contribution in [2.24, 2.45) is 10.9 Å². The number of hydrogen-bond donors (Lipinski definition) is 2. The Hall–Kier alpha value is -1.30. The van der Waals surface area contributed by atoms with E-state index in [2.05, 4.69) is 34.4 Å². The Labute approximate surface area is 184 Å². The van der Waals surface area contributed by atoms with Crippen molar-refractivity contribution in [2.45, 2.75) is 103 Å². The van der Waals surface area contributed by atoms with Crippen molar-refractivity contribution >= 4 is 11.9 Å². The summed E-state index contributed by atoms with van der Waals surface area (Å²) in [7, 11) is 1.83. The van der Waals surface area contributed by atoms with E-state index in [0.29, 0.717) is 18.1 Å². The molecule has 0 radical (unpaired) electrons. The zero-order chi connectivity index (χ0) is 21.6. The van der Waals surface area contributed by atoms with E-state index in [4.69, 9.17) is 4.74 Å². The van der Waals surface area contributed by atoms with Gasteiger partial charge in [0.1, 0.15) is 0 Å². The Kier molecular flexibility index (Phi) is 12.2. The molecule has 0 bridgehead atoms. The number of carbonyl (C=O) groups excluding carboxylic acids is 1. The van der Waals surface area contributed by atoms with Crippen LogP contribution in [0.5, 0.6) is 0 Å². The van der Waals surface area contributed by atoms with Crippen LogP contribution in [0, 0.1) is 5.92 Å². The van der Waals surface area contributed by atoms with Crippen LogP contribution < -0.4 is 10.6 Å². The van der Waals surface area contributed by atoms with Crippen molar-refractivity contribution in [3.05, 3.63) is 0 Å². The molecule has 2 fully saturated rings. The molecule has 1 saturated heterocycles. The summed E-state index contributed by atoms with van der Waals surface area (Å²) in [4.78, 5) is 19.0. The number of ether oxygens (including phenoxy) is 1. The van der Waals surface area contributed by atoms with Crippen LogP contribution in [0.2, 0.25) is 0 Å². The molecule has 1 heterocycles. The summed E-state index contributed by atoms with van der Waals surface area (Å²) < 4.78 is 6.07. The van der Waals surface area contributed by atoms with Gasteiger partial charge in [-0.3, -0.25) is 9.79 Å². The van der Waals surface area contributed by atoms with E-state index in [1.165, 1.54) is 38.5 Å². The maximum absolute atomic E-state index is 12.6. The average Bonchev–Trinajstić information content (AvgIpc) is 3.05. The highest BCUT2D eigenvalue weighted by Crippen LogP contribution is 2.20. The summed E-state index contributed by atoms with van der Waals surface area (Å²) in [6.45, 7) is 7.71. The molecule has 0 aromatic carbocycles. The van der Waals surface area contributed by atoms with Gasteiger partial charge in [-0.2, -0.15) is 0 Å². The number of piperidine rings is 1. The molecule has 0 unspecified atom stereocenters. The largest absolute Gasteiger partial charge is 0.378 e. The molecular formula is C24H46N4O2. The molecule has 0 aromatic heterocycles. The molecule has 2 rings (SSSR count). The third-order valence-electron chi connectivity index (χ3n) is 6.73. The number of hydrogen-bond acceptors (Lipinski definition) is 3. The lowest BCUT2D eigenvalue weighted by atomic mass is 9.98. The topological polar surface area (TPSA) is 66.0 Å².